The molecule has 1 amide bonds. The molecule has 0 fully saturated rings. The molecule has 8 heteroatoms. The number of aryl methyl sites for hydroxylation is 1. The number of fused-ring (bicyclic) bond motifs is 2. The second-order valence-electron chi connectivity index (χ2n) is 5.78. The molecule has 2 aliphatic rings. The first-order valence-corrected chi connectivity index (χ1v) is 7.64. The van der Waals surface area contributed by atoms with E-state index < -0.39 is 0 Å². The van der Waals surface area contributed by atoms with Gasteiger partial charge in [0.2, 0.25) is 5.82 Å². The molecule has 116 valence electrons. The number of carbonyl (C=O) groups is 1. The Balaban J connectivity index is 1.58. The van der Waals surface area contributed by atoms with E-state index in [1.807, 2.05) is 15.3 Å². The van der Waals surface area contributed by atoms with Crippen molar-refractivity contribution in [3.63, 3.8) is 0 Å². The molecule has 2 aliphatic heterocycles. The Bertz CT molecular complexity index is 719. The van der Waals surface area contributed by atoms with Crippen molar-refractivity contribution in [1.82, 2.24) is 29.4 Å². The number of nitrogens with zero attached hydrogens (tertiary/aromatic N) is 6. The van der Waals surface area contributed by atoms with E-state index in [2.05, 4.69) is 15.3 Å². The molecular formula is C14H18N6O2. The largest absolute Gasteiger partial charge is 0.390 e. The topological polar surface area (TPSA) is 89.1 Å². The van der Waals surface area contributed by atoms with Crippen LogP contribution in [0.15, 0.2) is 6.07 Å². The lowest BCUT2D eigenvalue weighted by Crippen LogP contribution is -2.39. The molecule has 0 aliphatic carbocycles. The zero-order chi connectivity index (χ0) is 15.1. The molecule has 2 aromatic heterocycles. The van der Waals surface area contributed by atoms with Crippen molar-refractivity contribution in [2.75, 3.05) is 6.54 Å². The lowest BCUT2D eigenvalue weighted by molar-refractivity contribution is 0.0686. The average molecular weight is 302 g/mol. The van der Waals surface area contributed by atoms with Crippen LogP contribution in [0.4, 0.5) is 0 Å². The van der Waals surface area contributed by atoms with Gasteiger partial charge in [0.05, 0.1) is 31.1 Å². The molecule has 0 unspecified atom stereocenters. The Kier molecular flexibility index (Phi) is 3.18. The minimum absolute atomic E-state index is 0.0707. The lowest BCUT2D eigenvalue weighted by Gasteiger charge is -2.27. The third-order valence-corrected chi connectivity index (χ3v) is 4.35. The maximum atomic E-state index is 12.7. The van der Waals surface area contributed by atoms with Crippen LogP contribution in [-0.4, -0.2) is 47.0 Å². The molecule has 2 aromatic rings. The third-order valence-electron chi connectivity index (χ3n) is 4.35. The molecule has 22 heavy (non-hydrogen) atoms. The van der Waals surface area contributed by atoms with E-state index in [4.69, 9.17) is 5.11 Å². The maximum Gasteiger partial charge on any atom is 0.292 e. The Morgan fingerprint density at radius 3 is 3.00 bits per heavy atom. The zero-order valence-electron chi connectivity index (χ0n) is 12.3. The summed E-state index contributed by atoms with van der Waals surface area (Å²) in [5.74, 6) is 1.29. The summed E-state index contributed by atoms with van der Waals surface area (Å²) >= 11 is 0. The van der Waals surface area contributed by atoms with Crippen molar-refractivity contribution in [2.24, 2.45) is 0 Å². The van der Waals surface area contributed by atoms with Crippen molar-refractivity contribution in [3.8, 4) is 0 Å². The van der Waals surface area contributed by atoms with E-state index in [9.17, 15) is 4.79 Å². The summed E-state index contributed by atoms with van der Waals surface area (Å²) in [7, 11) is 0. The number of aliphatic hydroxyl groups is 1. The number of aliphatic hydroxyl groups excluding tert-OH is 1. The van der Waals surface area contributed by atoms with E-state index in [1.54, 1.807) is 4.90 Å². The fourth-order valence-electron chi connectivity index (χ4n) is 3.18. The maximum absolute atomic E-state index is 12.7. The molecule has 0 atom stereocenters. The summed E-state index contributed by atoms with van der Waals surface area (Å²) in [6, 6.07) is 1.85. The van der Waals surface area contributed by atoms with Crippen LogP contribution in [0.2, 0.25) is 0 Å². The summed E-state index contributed by atoms with van der Waals surface area (Å²) in [4.78, 5) is 14.5. The molecule has 0 spiro atoms. The molecule has 1 N–H and O–H groups in total. The number of hydrogen-bond donors (Lipinski definition) is 1. The van der Waals surface area contributed by atoms with E-state index in [1.165, 1.54) is 0 Å². The van der Waals surface area contributed by atoms with Crippen LogP contribution < -0.4 is 0 Å². The Morgan fingerprint density at radius 1 is 1.23 bits per heavy atom. The molecule has 0 saturated heterocycles. The normalized spacial score (nSPS) is 17.2. The SMILES string of the molecule is O=C(c1nnc2n1CCCC2)N1CCn2nc(CO)cc2C1. The molecule has 4 rings (SSSR count). The first kappa shape index (κ1) is 13.4. The highest BCUT2D eigenvalue weighted by Crippen LogP contribution is 2.19. The Hall–Kier alpha value is -2.22. The van der Waals surface area contributed by atoms with Gasteiger partial charge >= 0.3 is 0 Å². The summed E-state index contributed by atoms with van der Waals surface area (Å²) < 4.78 is 3.81. The lowest BCUT2D eigenvalue weighted by atomic mass is 10.1. The van der Waals surface area contributed by atoms with Gasteiger partial charge in [-0.3, -0.25) is 9.48 Å². The smallest absolute Gasteiger partial charge is 0.292 e. The molecular weight excluding hydrogens is 284 g/mol. The number of aromatic nitrogens is 5. The molecule has 0 bridgehead atoms. The van der Waals surface area contributed by atoms with Crippen molar-refractivity contribution < 1.29 is 9.90 Å². The molecule has 0 saturated carbocycles. The van der Waals surface area contributed by atoms with Gasteiger partial charge in [-0.15, -0.1) is 10.2 Å². The van der Waals surface area contributed by atoms with Gasteiger partial charge in [-0.25, -0.2) is 0 Å². The summed E-state index contributed by atoms with van der Waals surface area (Å²) in [5, 5.41) is 21.7. The van der Waals surface area contributed by atoms with Crippen LogP contribution in [0.3, 0.4) is 0 Å². The highest BCUT2D eigenvalue weighted by Gasteiger charge is 2.28. The number of amides is 1. The summed E-state index contributed by atoms with van der Waals surface area (Å²) in [6.07, 6.45) is 3.07. The predicted octanol–water partition coefficient (Wildman–Crippen LogP) is -0.0408. The van der Waals surface area contributed by atoms with Crippen molar-refractivity contribution in [2.45, 2.75) is 45.5 Å². The predicted molar refractivity (Wildman–Crippen MR) is 75.9 cm³/mol. The van der Waals surface area contributed by atoms with Gasteiger partial charge in [-0.2, -0.15) is 5.10 Å². The van der Waals surface area contributed by atoms with Gasteiger partial charge < -0.3 is 14.6 Å². The van der Waals surface area contributed by atoms with Crippen LogP contribution in [0.1, 0.15) is 40.7 Å². The van der Waals surface area contributed by atoms with Crippen LogP contribution in [-0.2, 0) is 32.7 Å². The Labute approximate surface area is 127 Å². The first-order chi connectivity index (χ1) is 10.8. The molecule has 4 heterocycles. The van der Waals surface area contributed by atoms with Gasteiger partial charge in [0.15, 0.2) is 0 Å². The molecule has 8 nitrogen and oxygen atoms in total. The minimum atomic E-state index is -0.0777. The third kappa shape index (κ3) is 2.10. The quantitative estimate of drug-likeness (QED) is 0.841. The van der Waals surface area contributed by atoms with E-state index in [0.717, 1.165) is 37.3 Å². The van der Waals surface area contributed by atoms with Crippen LogP contribution in [0, 0.1) is 0 Å². The van der Waals surface area contributed by atoms with E-state index >= 15 is 0 Å². The second kappa shape index (κ2) is 5.20. The summed E-state index contributed by atoms with van der Waals surface area (Å²) in [6.45, 7) is 2.48. The van der Waals surface area contributed by atoms with Crippen LogP contribution in [0.5, 0.6) is 0 Å². The number of carbonyl (C=O) groups excluding carboxylic acids is 1. The van der Waals surface area contributed by atoms with Gasteiger partial charge in [0.1, 0.15) is 5.82 Å². The van der Waals surface area contributed by atoms with Crippen molar-refractivity contribution in [1.29, 1.82) is 0 Å². The first-order valence-electron chi connectivity index (χ1n) is 7.64. The fourth-order valence-corrected chi connectivity index (χ4v) is 3.18. The summed E-state index contributed by atoms with van der Waals surface area (Å²) in [5.41, 5.74) is 1.59. The zero-order valence-corrected chi connectivity index (χ0v) is 12.3. The second-order valence-corrected chi connectivity index (χ2v) is 5.78. The van der Waals surface area contributed by atoms with Crippen molar-refractivity contribution >= 4 is 5.91 Å². The van der Waals surface area contributed by atoms with Crippen molar-refractivity contribution in [3.05, 3.63) is 29.1 Å². The number of rotatable bonds is 2. The van der Waals surface area contributed by atoms with E-state index in [-0.39, 0.29) is 12.5 Å². The van der Waals surface area contributed by atoms with Gasteiger partial charge in [0.25, 0.3) is 5.91 Å². The minimum Gasteiger partial charge on any atom is -0.390 e. The van der Waals surface area contributed by atoms with Gasteiger partial charge in [0, 0.05) is 19.5 Å². The van der Waals surface area contributed by atoms with Gasteiger partial charge in [-0.1, -0.05) is 0 Å². The monoisotopic (exact) mass is 302 g/mol. The number of hydrogen-bond acceptors (Lipinski definition) is 5. The Morgan fingerprint density at radius 2 is 2.14 bits per heavy atom. The van der Waals surface area contributed by atoms with Crippen LogP contribution in [0.25, 0.3) is 0 Å². The van der Waals surface area contributed by atoms with Gasteiger partial charge in [-0.05, 0) is 18.9 Å². The fraction of sp³-hybridized carbons (Fsp3) is 0.571. The average Bonchev–Trinajstić information content (AvgIpc) is 3.17. The highest BCUT2D eigenvalue weighted by molar-refractivity contribution is 5.90. The molecule has 0 aromatic carbocycles. The highest BCUT2D eigenvalue weighted by atomic mass is 16.3. The molecule has 0 radical (unpaired) electrons. The van der Waals surface area contributed by atoms with Crippen LogP contribution >= 0.6 is 0 Å². The van der Waals surface area contributed by atoms with E-state index in [0.29, 0.717) is 31.2 Å². The standard InChI is InChI=1S/C14H18N6O2/c21-9-10-7-11-8-18(5-6-20(11)17-10)14(22)13-16-15-12-3-1-2-4-19(12)13/h7,21H,1-6,8-9H2.